The fraction of sp³-hybridized carbons (Fsp3) is 0.765. The average molecular weight is 337 g/mol. The Bertz CT molecular complexity index is 532. The molecule has 3 rings (SSSR count). The first-order valence-corrected chi connectivity index (χ1v) is 9.53. The van der Waals surface area contributed by atoms with Gasteiger partial charge in [-0.25, -0.2) is 9.78 Å². The summed E-state index contributed by atoms with van der Waals surface area (Å²) in [7, 11) is 0. The quantitative estimate of drug-likeness (QED) is 0.837. The second-order valence-electron chi connectivity index (χ2n) is 7.08. The number of esters is 1. The van der Waals surface area contributed by atoms with Crippen molar-refractivity contribution in [3.63, 3.8) is 0 Å². The van der Waals surface area contributed by atoms with E-state index in [9.17, 15) is 4.79 Å². The molecule has 1 N–H and O–H groups in total. The molecule has 0 aromatic carbocycles. The lowest BCUT2D eigenvalue weighted by Crippen LogP contribution is -2.41. The number of hydrogen-bond donors (Lipinski definition) is 1. The van der Waals surface area contributed by atoms with Gasteiger partial charge >= 0.3 is 5.97 Å². The van der Waals surface area contributed by atoms with Gasteiger partial charge in [0.1, 0.15) is 0 Å². The fourth-order valence-electron chi connectivity index (χ4n) is 3.66. The van der Waals surface area contributed by atoms with Crippen LogP contribution in [0.2, 0.25) is 0 Å². The lowest BCUT2D eigenvalue weighted by Gasteiger charge is -2.36. The van der Waals surface area contributed by atoms with Crippen LogP contribution >= 0.6 is 11.3 Å². The summed E-state index contributed by atoms with van der Waals surface area (Å²) in [6, 6.07) is 0. The number of piperidine rings is 1. The van der Waals surface area contributed by atoms with Crippen LogP contribution in [-0.4, -0.2) is 55.2 Å². The molecule has 1 unspecified atom stereocenters. The molecule has 6 heteroatoms. The lowest BCUT2D eigenvalue weighted by molar-refractivity contribution is 0.0520. The Balaban J connectivity index is 1.51. The van der Waals surface area contributed by atoms with E-state index in [-0.39, 0.29) is 5.97 Å². The first-order chi connectivity index (χ1) is 11.1. The average Bonchev–Trinajstić information content (AvgIpc) is 3.18. The number of nitrogens with one attached hydrogen (secondary N) is 1. The Morgan fingerprint density at radius 2 is 2.30 bits per heavy atom. The predicted molar refractivity (Wildman–Crippen MR) is 92.1 cm³/mol. The van der Waals surface area contributed by atoms with Crippen molar-refractivity contribution in [2.45, 2.75) is 39.0 Å². The minimum atomic E-state index is -0.297. The number of nitrogens with zero attached hydrogens (tertiary/aromatic N) is 2. The summed E-state index contributed by atoms with van der Waals surface area (Å²) < 4.78 is 5.02. The Morgan fingerprint density at radius 1 is 1.52 bits per heavy atom. The van der Waals surface area contributed by atoms with E-state index in [1.807, 2.05) is 12.3 Å². The zero-order valence-electron chi connectivity index (χ0n) is 14.1. The van der Waals surface area contributed by atoms with Crippen molar-refractivity contribution < 1.29 is 9.53 Å². The molecular formula is C17H27N3O2S. The zero-order chi connectivity index (χ0) is 16.3. The SMILES string of the molecule is CCOC(=O)c1csc(C2CCN(CC3(C)CCNC3)CC2)n1. The second-order valence-corrected chi connectivity index (χ2v) is 7.97. The van der Waals surface area contributed by atoms with Gasteiger partial charge in [-0.1, -0.05) is 6.92 Å². The van der Waals surface area contributed by atoms with Gasteiger partial charge in [0.25, 0.3) is 0 Å². The molecule has 2 saturated heterocycles. The van der Waals surface area contributed by atoms with E-state index in [4.69, 9.17) is 4.74 Å². The van der Waals surface area contributed by atoms with Crippen molar-refractivity contribution in [3.8, 4) is 0 Å². The molecular weight excluding hydrogens is 310 g/mol. The summed E-state index contributed by atoms with van der Waals surface area (Å²) in [6.45, 7) is 10.4. The van der Waals surface area contributed by atoms with Gasteiger partial charge in [0.2, 0.25) is 0 Å². The van der Waals surface area contributed by atoms with E-state index in [0.717, 1.165) is 44.0 Å². The fourth-order valence-corrected chi connectivity index (χ4v) is 4.62. The van der Waals surface area contributed by atoms with Gasteiger partial charge in [-0.3, -0.25) is 0 Å². The highest BCUT2D eigenvalue weighted by atomic mass is 32.1. The molecule has 0 saturated carbocycles. The molecule has 5 nitrogen and oxygen atoms in total. The molecule has 0 spiro atoms. The molecule has 0 radical (unpaired) electrons. The molecule has 3 heterocycles. The number of thiazole rings is 1. The van der Waals surface area contributed by atoms with Crippen molar-refractivity contribution in [1.29, 1.82) is 0 Å². The van der Waals surface area contributed by atoms with Crippen LogP contribution in [0.4, 0.5) is 0 Å². The molecule has 0 aliphatic carbocycles. The van der Waals surface area contributed by atoms with Crippen LogP contribution in [-0.2, 0) is 4.74 Å². The zero-order valence-corrected chi connectivity index (χ0v) is 15.0. The third-order valence-electron chi connectivity index (χ3n) is 5.01. The summed E-state index contributed by atoms with van der Waals surface area (Å²) in [5, 5.41) is 6.42. The molecule has 1 aromatic heterocycles. The minimum absolute atomic E-state index is 0.297. The number of ether oxygens (including phenoxy) is 1. The van der Waals surface area contributed by atoms with Gasteiger partial charge < -0.3 is 15.0 Å². The molecule has 23 heavy (non-hydrogen) atoms. The Kier molecular flexibility index (Phi) is 5.34. The highest BCUT2D eigenvalue weighted by Crippen LogP contribution is 2.33. The minimum Gasteiger partial charge on any atom is -0.461 e. The largest absolute Gasteiger partial charge is 0.461 e. The van der Waals surface area contributed by atoms with Gasteiger partial charge in [-0.2, -0.15) is 0 Å². The highest BCUT2D eigenvalue weighted by Gasteiger charge is 2.32. The predicted octanol–water partition coefficient (Wildman–Crippen LogP) is 2.50. The molecule has 0 amide bonds. The second kappa shape index (κ2) is 7.28. The first-order valence-electron chi connectivity index (χ1n) is 8.65. The smallest absolute Gasteiger partial charge is 0.357 e. The lowest BCUT2D eigenvalue weighted by atomic mass is 9.87. The highest BCUT2D eigenvalue weighted by molar-refractivity contribution is 7.09. The Labute approximate surface area is 142 Å². The van der Waals surface area contributed by atoms with Crippen LogP contribution in [0.25, 0.3) is 0 Å². The van der Waals surface area contributed by atoms with Crippen LogP contribution in [0.15, 0.2) is 5.38 Å². The maximum absolute atomic E-state index is 11.7. The maximum atomic E-state index is 11.7. The molecule has 128 valence electrons. The first kappa shape index (κ1) is 16.9. The van der Waals surface area contributed by atoms with Gasteiger partial charge in [0.15, 0.2) is 5.69 Å². The van der Waals surface area contributed by atoms with Crippen LogP contribution in [0.1, 0.15) is 54.5 Å². The molecule has 2 aliphatic heterocycles. The van der Waals surface area contributed by atoms with E-state index in [1.165, 1.54) is 13.0 Å². The molecule has 2 aliphatic rings. The number of carbonyl (C=O) groups excluding carboxylic acids is 1. The third-order valence-corrected chi connectivity index (χ3v) is 6.01. The summed E-state index contributed by atoms with van der Waals surface area (Å²) in [4.78, 5) is 18.8. The van der Waals surface area contributed by atoms with Crippen LogP contribution in [0.5, 0.6) is 0 Å². The summed E-state index contributed by atoms with van der Waals surface area (Å²) >= 11 is 1.60. The number of aromatic nitrogens is 1. The van der Waals surface area contributed by atoms with Crippen LogP contribution < -0.4 is 5.32 Å². The number of likely N-dealkylation sites (tertiary alicyclic amines) is 1. The Hall–Kier alpha value is -0.980. The van der Waals surface area contributed by atoms with Gasteiger partial charge in [-0.15, -0.1) is 11.3 Å². The van der Waals surface area contributed by atoms with Crippen molar-refractivity contribution in [3.05, 3.63) is 16.1 Å². The Morgan fingerprint density at radius 3 is 2.96 bits per heavy atom. The van der Waals surface area contributed by atoms with Crippen molar-refractivity contribution in [2.75, 3.05) is 39.3 Å². The van der Waals surface area contributed by atoms with Crippen LogP contribution in [0.3, 0.4) is 0 Å². The van der Waals surface area contributed by atoms with Crippen LogP contribution in [0, 0.1) is 5.41 Å². The number of hydrogen-bond acceptors (Lipinski definition) is 6. The van der Waals surface area contributed by atoms with E-state index in [0.29, 0.717) is 23.6 Å². The number of rotatable bonds is 5. The summed E-state index contributed by atoms with van der Waals surface area (Å²) in [5.74, 6) is 0.197. The van der Waals surface area contributed by atoms with Gasteiger partial charge in [0.05, 0.1) is 11.6 Å². The van der Waals surface area contributed by atoms with E-state index < -0.39 is 0 Å². The van der Waals surface area contributed by atoms with Crippen molar-refractivity contribution >= 4 is 17.3 Å². The third kappa shape index (κ3) is 4.11. The molecule has 1 atom stereocenters. The topological polar surface area (TPSA) is 54.5 Å². The van der Waals surface area contributed by atoms with Crippen molar-refractivity contribution in [2.24, 2.45) is 5.41 Å². The molecule has 0 bridgehead atoms. The van der Waals surface area contributed by atoms with E-state index in [1.54, 1.807) is 11.3 Å². The standard InChI is InChI=1S/C17H27N3O2S/c1-3-22-16(21)14-10-23-15(19-14)13-4-8-20(9-5-13)12-17(2)6-7-18-11-17/h10,13,18H,3-9,11-12H2,1-2H3. The van der Waals surface area contributed by atoms with Gasteiger partial charge in [0, 0.05) is 24.4 Å². The van der Waals surface area contributed by atoms with Gasteiger partial charge in [-0.05, 0) is 51.2 Å². The van der Waals surface area contributed by atoms with E-state index >= 15 is 0 Å². The molecule has 2 fully saturated rings. The number of carbonyl (C=O) groups is 1. The maximum Gasteiger partial charge on any atom is 0.357 e. The monoisotopic (exact) mass is 337 g/mol. The van der Waals surface area contributed by atoms with Crippen molar-refractivity contribution in [1.82, 2.24) is 15.2 Å². The summed E-state index contributed by atoms with van der Waals surface area (Å²) in [5.41, 5.74) is 0.907. The summed E-state index contributed by atoms with van der Waals surface area (Å²) in [6.07, 6.45) is 3.56. The van der Waals surface area contributed by atoms with E-state index in [2.05, 4.69) is 22.1 Å². The normalized spacial score (nSPS) is 26.5. The molecule has 1 aromatic rings.